The molecule has 2 heterocycles. The summed E-state index contributed by atoms with van der Waals surface area (Å²) in [5.74, 6) is -0.656. The standard InChI is InChI=1S/C20H21F3N4O3/c1-19-8-7-11(20(21,22)23)9-12(19)16(25-26-19)17(28)24-13-10-30-15-6-4-3-5-14(15)27(2)18(13)29/h3-9,12-13,17,24,26,28H,10H2,1-2H3/t12?,13-,17?,19?/m0/s1. The summed E-state index contributed by atoms with van der Waals surface area (Å²) in [6.07, 6.45) is -2.54. The summed E-state index contributed by atoms with van der Waals surface area (Å²) in [6, 6.07) is 6.10. The molecule has 3 N–H and O–H groups in total. The van der Waals surface area contributed by atoms with E-state index in [0.29, 0.717) is 11.4 Å². The van der Waals surface area contributed by atoms with E-state index in [0.717, 1.165) is 12.2 Å². The summed E-state index contributed by atoms with van der Waals surface area (Å²) in [7, 11) is 1.59. The molecule has 4 atom stereocenters. The Morgan fingerprint density at radius 3 is 2.87 bits per heavy atom. The highest BCUT2D eigenvalue weighted by molar-refractivity contribution is 6.00. The first-order chi connectivity index (χ1) is 14.1. The maximum Gasteiger partial charge on any atom is 0.416 e. The highest BCUT2D eigenvalue weighted by Crippen LogP contribution is 2.38. The SMILES string of the molecule is CN1C(=O)[C@@H](NC(O)C2=NNC3(C)C=CC(C(F)(F)F)=CC23)COc2ccccc21. The molecule has 0 saturated heterocycles. The molecule has 0 aromatic heterocycles. The number of carbonyl (C=O) groups is 1. The van der Waals surface area contributed by atoms with Gasteiger partial charge in [0.15, 0.2) is 0 Å². The van der Waals surface area contributed by atoms with Crippen LogP contribution in [0.3, 0.4) is 0 Å². The quantitative estimate of drug-likeness (QED) is 0.646. The molecular formula is C20H21F3N4O3. The van der Waals surface area contributed by atoms with E-state index >= 15 is 0 Å². The van der Waals surface area contributed by atoms with Crippen LogP contribution in [0.15, 0.2) is 53.2 Å². The van der Waals surface area contributed by atoms with Gasteiger partial charge >= 0.3 is 6.18 Å². The van der Waals surface area contributed by atoms with Crippen molar-refractivity contribution >= 4 is 17.3 Å². The van der Waals surface area contributed by atoms with Crippen LogP contribution in [0.4, 0.5) is 18.9 Å². The number of anilines is 1. The number of likely N-dealkylation sites (N-methyl/N-ethyl adjacent to an activating group) is 1. The number of hydrazone groups is 1. The molecule has 0 bridgehead atoms. The lowest BCUT2D eigenvalue weighted by molar-refractivity contribution is -0.121. The predicted molar refractivity (Wildman–Crippen MR) is 104 cm³/mol. The van der Waals surface area contributed by atoms with E-state index in [1.807, 2.05) is 0 Å². The van der Waals surface area contributed by atoms with Gasteiger partial charge in [-0.1, -0.05) is 30.4 Å². The maximum atomic E-state index is 13.2. The lowest BCUT2D eigenvalue weighted by atomic mass is 9.78. The van der Waals surface area contributed by atoms with Crippen LogP contribution in [0.1, 0.15) is 6.92 Å². The fraction of sp³-hybridized carbons (Fsp3) is 0.400. The third-order valence-corrected chi connectivity index (χ3v) is 5.57. The van der Waals surface area contributed by atoms with E-state index in [9.17, 15) is 23.1 Å². The molecule has 30 heavy (non-hydrogen) atoms. The molecule has 3 unspecified atom stereocenters. The van der Waals surface area contributed by atoms with Crippen LogP contribution in [-0.4, -0.2) is 54.4 Å². The molecule has 1 amide bonds. The number of carbonyl (C=O) groups excluding carboxylic acids is 1. The Hall–Kier alpha value is -2.85. The molecule has 0 saturated carbocycles. The van der Waals surface area contributed by atoms with Gasteiger partial charge in [-0.3, -0.25) is 15.5 Å². The van der Waals surface area contributed by atoms with Crippen molar-refractivity contribution in [2.75, 3.05) is 18.6 Å². The summed E-state index contributed by atoms with van der Waals surface area (Å²) < 4.78 is 45.2. The zero-order valence-electron chi connectivity index (χ0n) is 16.3. The number of nitrogens with zero attached hydrogens (tertiary/aromatic N) is 2. The van der Waals surface area contributed by atoms with Gasteiger partial charge in [-0.15, -0.1) is 0 Å². The number of para-hydroxylation sites is 2. The number of aliphatic hydroxyl groups is 1. The van der Waals surface area contributed by atoms with E-state index < -0.39 is 35.5 Å². The molecule has 7 nitrogen and oxygen atoms in total. The molecule has 0 fully saturated rings. The molecule has 0 spiro atoms. The molecule has 160 valence electrons. The number of alkyl halides is 3. The molecule has 1 aromatic rings. The highest BCUT2D eigenvalue weighted by Gasteiger charge is 2.47. The van der Waals surface area contributed by atoms with Crippen LogP contribution in [-0.2, 0) is 4.79 Å². The molecule has 1 aliphatic carbocycles. The largest absolute Gasteiger partial charge is 0.489 e. The normalized spacial score (nSPS) is 29.1. The van der Waals surface area contributed by atoms with Crippen LogP contribution >= 0.6 is 0 Å². The molecule has 4 rings (SSSR count). The minimum Gasteiger partial charge on any atom is -0.489 e. The lowest BCUT2D eigenvalue weighted by Gasteiger charge is -2.32. The van der Waals surface area contributed by atoms with Crippen molar-refractivity contribution in [2.45, 2.75) is 30.9 Å². The Morgan fingerprint density at radius 2 is 2.13 bits per heavy atom. The second kappa shape index (κ2) is 7.13. The number of benzene rings is 1. The summed E-state index contributed by atoms with van der Waals surface area (Å²) in [6.45, 7) is 1.63. The summed E-state index contributed by atoms with van der Waals surface area (Å²) in [4.78, 5) is 14.2. The third-order valence-electron chi connectivity index (χ3n) is 5.57. The molecule has 1 aromatic carbocycles. The van der Waals surface area contributed by atoms with Gasteiger partial charge in [-0.05, 0) is 19.1 Å². The Kier molecular flexibility index (Phi) is 4.86. The first-order valence-corrected chi connectivity index (χ1v) is 9.36. The number of fused-ring (bicyclic) bond motifs is 2. The Morgan fingerprint density at radius 1 is 1.40 bits per heavy atom. The highest BCUT2D eigenvalue weighted by atomic mass is 19.4. The number of nitrogens with one attached hydrogen (secondary N) is 2. The zero-order valence-corrected chi connectivity index (χ0v) is 16.3. The number of hydrogen-bond donors (Lipinski definition) is 3. The smallest absolute Gasteiger partial charge is 0.416 e. The van der Waals surface area contributed by atoms with Crippen molar-refractivity contribution < 1.29 is 27.8 Å². The summed E-state index contributed by atoms with van der Waals surface area (Å²) in [5, 5.41) is 17.5. The molecule has 10 heteroatoms. The third kappa shape index (κ3) is 3.46. The molecule has 2 aliphatic heterocycles. The first-order valence-electron chi connectivity index (χ1n) is 9.36. The Bertz CT molecular complexity index is 959. The van der Waals surface area contributed by atoms with Crippen LogP contribution in [0, 0.1) is 5.92 Å². The number of halogens is 3. The molecule has 0 radical (unpaired) electrons. The van der Waals surface area contributed by atoms with Gasteiger partial charge in [0.2, 0.25) is 5.91 Å². The van der Waals surface area contributed by atoms with Crippen LogP contribution in [0.2, 0.25) is 0 Å². The second-order valence-corrected chi connectivity index (χ2v) is 7.66. The van der Waals surface area contributed by atoms with Gasteiger partial charge < -0.3 is 14.7 Å². The van der Waals surface area contributed by atoms with Crippen molar-refractivity contribution in [3.63, 3.8) is 0 Å². The Balaban J connectivity index is 1.53. The predicted octanol–water partition coefficient (Wildman–Crippen LogP) is 1.71. The average Bonchev–Trinajstić information content (AvgIpc) is 3.00. The summed E-state index contributed by atoms with van der Waals surface area (Å²) >= 11 is 0. The van der Waals surface area contributed by atoms with Crippen molar-refractivity contribution in [3.8, 4) is 5.75 Å². The van der Waals surface area contributed by atoms with Gasteiger partial charge in [-0.2, -0.15) is 18.3 Å². The van der Waals surface area contributed by atoms with Crippen molar-refractivity contribution in [3.05, 3.63) is 48.1 Å². The molecule has 3 aliphatic rings. The van der Waals surface area contributed by atoms with Gasteiger partial charge in [0.25, 0.3) is 0 Å². The van der Waals surface area contributed by atoms with E-state index in [-0.39, 0.29) is 18.2 Å². The van der Waals surface area contributed by atoms with Crippen LogP contribution in [0.25, 0.3) is 0 Å². The van der Waals surface area contributed by atoms with Crippen LogP contribution in [0.5, 0.6) is 5.75 Å². The van der Waals surface area contributed by atoms with E-state index in [1.165, 1.54) is 11.0 Å². The van der Waals surface area contributed by atoms with Crippen molar-refractivity contribution in [1.82, 2.24) is 10.7 Å². The first kappa shape index (κ1) is 20.4. The van der Waals surface area contributed by atoms with Crippen molar-refractivity contribution in [1.29, 1.82) is 0 Å². The zero-order chi connectivity index (χ0) is 21.7. The topological polar surface area (TPSA) is 86.2 Å². The molecular weight excluding hydrogens is 401 g/mol. The lowest BCUT2D eigenvalue weighted by Crippen LogP contribution is -2.55. The summed E-state index contributed by atoms with van der Waals surface area (Å²) in [5.41, 5.74) is 1.73. The minimum atomic E-state index is -4.51. The van der Waals surface area contributed by atoms with Crippen molar-refractivity contribution in [2.24, 2.45) is 11.0 Å². The van der Waals surface area contributed by atoms with Crippen LogP contribution < -0.4 is 20.4 Å². The van der Waals surface area contributed by atoms with Gasteiger partial charge in [-0.25, -0.2) is 0 Å². The number of hydrogen-bond acceptors (Lipinski definition) is 6. The minimum absolute atomic E-state index is 0.0521. The average molecular weight is 422 g/mol. The maximum absolute atomic E-state index is 13.2. The fourth-order valence-electron chi connectivity index (χ4n) is 3.80. The van der Waals surface area contributed by atoms with E-state index in [4.69, 9.17) is 4.74 Å². The van der Waals surface area contributed by atoms with Gasteiger partial charge in [0.05, 0.1) is 22.5 Å². The number of amides is 1. The number of ether oxygens (including phenoxy) is 1. The number of rotatable bonds is 3. The fourth-order valence-corrected chi connectivity index (χ4v) is 3.80. The number of aliphatic hydroxyl groups excluding tert-OH is 1. The second-order valence-electron chi connectivity index (χ2n) is 7.66. The number of allylic oxidation sites excluding steroid dienone is 2. The monoisotopic (exact) mass is 422 g/mol. The van der Waals surface area contributed by atoms with E-state index in [2.05, 4.69) is 15.8 Å². The van der Waals surface area contributed by atoms with Gasteiger partial charge in [0, 0.05) is 13.0 Å². The van der Waals surface area contributed by atoms with Gasteiger partial charge in [0.1, 0.15) is 24.6 Å². The Labute approximate surface area is 170 Å². The van der Waals surface area contributed by atoms with E-state index in [1.54, 1.807) is 38.2 Å².